The van der Waals surface area contributed by atoms with Gasteiger partial charge in [-0.15, -0.1) is 0 Å². The number of rotatable bonds is 7. The molecule has 0 fully saturated rings. The lowest BCUT2D eigenvalue weighted by atomic mass is 10.1. The van der Waals surface area contributed by atoms with Crippen LogP contribution >= 0.6 is 23.2 Å². The number of carbonyl (C=O) groups is 3. The van der Waals surface area contributed by atoms with Crippen LogP contribution in [0.25, 0.3) is 10.9 Å². The van der Waals surface area contributed by atoms with Crippen molar-refractivity contribution in [1.82, 2.24) is 9.88 Å². The molecule has 0 spiro atoms. The fraction of sp³-hybridized carbons (Fsp3) is 0.261. The summed E-state index contributed by atoms with van der Waals surface area (Å²) in [4.78, 5) is 36.9. The van der Waals surface area contributed by atoms with Crippen LogP contribution in [0.15, 0.2) is 36.4 Å². The highest BCUT2D eigenvalue weighted by Gasteiger charge is 2.23. The van der Waals surface area contributed by atoms with E-state index in [1.807, 2.05) is 0 Å². The smallest absolute Gasteiger partial charge is 0.305 e. The molecule has 0 aliphatic heterocycles. The predicted octanol–water partition coefficient (Wildman–Crippen LogP) is 4.48. The fourth-order valence-electron chi connectivity index (χ4n) is 3.64. The Morgan fingerprint density at radius 2 is 1.81 bits per heavy atom. The molecule has 2 aromatic carbocycles. The maximum absolute atomic E-state index is 13.3. The number of aromatic nitrogens is 1. The van der Waals surface area contributed by atoms with Crippen LogP contribution in [0.5, 0.6) is 5.75 Å². The lowest BCUT2D eigenvalue weighted by molar-refractivity contribution is -0.137. The van der Waals surface area contributed by atoms with E-state index in [0.717, 1.165) is 0 Å². The SMILES string of the molecule is COc1cc2c(CC(=O)NC(C)CC(=O)O)c(C)n(C(=O)c3ccc(Cl)cc3)c2cc1Cl. The molecule has 0 saturated heterocycles. The van der Waals surface area contributed by atoms with Crippen LogP contribution in [0.3, 0.4) is 0 Å². The Morgan fingerprint density at radius 1 is 1.16 bits per heavy atom. The Morgan fingerprint density at radius 3 is 2.41 bits per heavy atom. The summed E-state index contributed by atoms with van der Waals surface area (Å²) in [6.45, 7) is 3.37. The summed E-state index contributed by atoms with van der Waals surface area (Å²) in [5.74, 6) is -1.24. The number of carboxylic acid groups (broad SMARTS) is 1. The number of fused-ring (bicyclic) bond motifs is 1. The van der Waals surface area contributed by atoms with Gasteiger partial charge in [0.15, 0.2) is 0 Å². The lowest BCUT2D eigenvalue weighted by Crippen LogP contribution is -2.35. The highest BCUT2D eigenvalue weighted by atomic mass is 35.5. The number of ether oxygens (including phenoxy) is 1. The Kier molecular flexibility index (Phi) is 7.11. The van der Waals surface area contributed by atoms with Gasteiger partial charge in [-0.2, -0.15) is 0 Å². The Bertz CT molecular complexity index is 1200. The molecule has 3 rings (SSSR count). The summed E-state index contributed by atoms with van der Waals surface area (Å²) in [5, 5.41) is 13.1. The molecule has 1 heterocycles. The molecule has 0 radical (unpaired) electrons. The van der Waals surface area contributed by atoms with Gasteiger partial charge >= 0.3 is 5.97 Å². The van der Waals surface area contributed by atoms with E-state index in [0.29, 0.717) is 43.5 Å². The maximum atomic E-state index is 13.3. The minimum absolute atomic E-state index is 0.0437. The Hall–Kier alpha value is -3.03. The number of benzene rings is 2. The number of carbonyl (C=O) groups excluding carboxylic acids is 2. The van der Waals surface area contributed by atoms with E-state index in [2.05, 4.69) is 5.32 Å². The van der Waals surface area contributed by atoms with E-state index in [4.69, 9.17) is 33.0 Å². The van der Waals surface area contributed by atoms with E-state index in [1.165, 1.54) is 11.7 Å². The number of nitrogens with zero attached hydrogens (tertiary/aromatic N) is 1. The molecule has 1 unspecified atom stereocenters. The van der Waals surface area contributed by atoms with Crippen molar-refractivity contribution >= 4 is 51.9 Å². The fourth-order valence-corrected chi connectivity index (χ4v) is 4.00. The van der Waals surface area contributed by atoms with Crippen molar-refractivity contribution in [1.29, 1.82) is 0 Å². The number of hydrogen-bond acceptors (Lipinski definition) is 4. The minimum Gasteiger partial charge on any atom is -0.495 e. The molecule has 7 nitrogen and oxygen atoms in total. The number of carboxylic acids is 1. The zero-order chi connectivity index (χ0) is 23.6. The molecule has 2 N–H and O–H groups in total. The first-order valence-electron chi connectivity index (χ1n) is 9.81. The van der Waals surface area contributed by atoms with Gasteiger partial charge in [-0.3, -0.25) is 19.0 Å². The number of amides is 1. The van der Waals surface area contributed by atoms with E-state index >= 15 is 0 Å². The summed E-state index contributed by atoms with van der Waals surface area (Å²) in [6.07, 6.45) is -0.233. The normalized spacial score (nSPS) is 11.9. The molecular formula is C23H22Cl2N2O5. The van der Waals surface area contributed by atoms with Gasteiger partial charge in [-0.1, -0.05) is 23.2 Å². The molecule has 0 saturated carbocycles. The van der Waals surface area contributed by atoms with Crippen LogP contribution in [0.4, 0.5) is 0 Å². The van der Waals surface area contributed by atoms with Crippen LogP contribution < -0.4 is 10.1 Å². The summed E-state index contributed by atoms with van der Waals surface area (Å²) >= 11 is 12.3. The third-order valence-corrected chi connectivity index (χ3v) is 5.68. The highest BCUT2D eigenvalue weighted by Crippen LogP contribution is 2.35. The van der Waals surface area contributed by atoms with Crippen LogP contribution in [-0.2, 0) is 16.0 Å². The van der Waals surface area contributed by atoms with Crippen molar-refractivity contribution in [3.8, 4) is 5.75 Å². The van der Waals surface area contributed by atoms with Crippen LogP contribution in [0.2, 0.25) is 10.0 Å². The van der Waals surface area contributed by atoms with Crippen molar-refractivity contribution in [2.24, 2.45) is 0 Å². The Balaban J connectivity index is 2.08. The van der Waals surface area contributed by atoms with Crippen molar-refractivity contribution in [3.63, 3.8) is 0 Å². The average Bonchev–Trinajstić information content (AvgIpc) is 2.97. The molecule has 1 aromatic heterocycles. The largest absolute Gasteiger partial charge is 0.495 e. The molecule has 1 atom stereocenters. The predicted molar refractivity (Wildman–Crippen MR) is 123 cm³/mol. The summed E-state index contributed by atoms with van der Waals surface area (Å²) in [7, 11) is 1.48. The number of methoxy groups -OCH3 is 1. The molecule has 0 bridgehead atoms. The van der Waals surface area contributed by atoms with Crippen molar-refractivity contribution < 1.29 is 24.2 Å². The molecule has 1 amide bonds. The van der Waals surface area contributed by atoms with Gasteiger partial charge in [-0.05, 0) is 55.8 Å². The van der Waals surface area contributed by atoms with Gasteiger partial charge in [0, 0.05) is 27.7 Å². The monoisotopic (exact) mass is 476 g/mol. The first-order valence-corrected chi connectivity index (χ1v) is 10.6. The first kappa shape index (κ1) is 23.6. The highest BCUT2D eigenvalue weighted by molar-refractivity contribution is 6.33. The second-order valence-electron chi connectivity index (χ2n) is 7.46. The van der Waals surface area contributed by atoms with Gasteiger partial charge in [-0.25, -0.2) is 0 Å². The van der Waals surface area contributed by atoms with Crippen molar-refractivity contribution in [2.75, 3.05) is 7.11 Å². The van der Waals surface area contributed by atoms with Crippen molar-refractivity contribution in [2.45, 2.75) is 32.7 Å². The van der Waals surface area contributed by atoms with Crippen LogP contribution in [0.1, 0.15) is 35.0 Å². The van der Waals surface area contributed by atoms with Gasteiger partial charge < -0.3 is 15.2 Å². The zero-order valence-electron chi connectivity index (χ0n) is 17.7. The van der Waals surface area contributed by atoms with Crippen LogP contribution in [-0.4, -0.2) is 40.6 Å². The zero-order valence-corrected chi connectivity index (χ0v) is 19.3. The van der Waals surface area contributed by atoms with Gasteiger partial charge in [0.05, 0.1) is 30.5 Å². The number of hydrogen-bond donors (Lipinski definition) is 2. The van der Waals surface area contributed by atoms with Crippen LogP contribution in [0, 0.1) is 6.92 Å². The average molecular weight is 477 g/mol. The first-order chi connectivity index (χ1) is 15.1. The third-order valence-electron chi connectivity index (χ3n) is 5.13. The van der Waals surface area contributed by atoms with E-state index in [-0.39, 0.29) is 24.7 Å². The number of nitrogens with one attached hydrogen (secondary N) is 1. The minimum atomic E-state index is -1.00. The Labute approximate surface area is 194 Å². The second-order valence-corrected chi connectivity index (χ2v) is 8.30. The topological polar surface area (TPSA) is 97.6 Å². The summed E-state index contributed by atoms with van der Waals surface area (Å²) in [6, 6.07) is 9.30. The molecule has 0 aliphatic rings. The van der Waals surface area contributed by atoms with Gasteiger partial charge in [0.1, 0.15) is 5.75 Å². The molecule has 3 aromatic rings. The quantitative estimate of drug-likeness (QED) is 0.523. The number of halogens is 2. The molecule has 0 aliphatic carbocycles. The standard InChI is InChI=1S/C23H22Cl2N2O5/c1-12(8-22(29)30)26-21(28)10-16-13(2)27(23(31)14-4-6-15(24)7-5-14)19-11-18(25)20(32-3)9-17(16)19/h4-7,9,11-12H,8,10H2,1-3H3,(H,26,28)(H,29,30). The van der Waals surface area contributed by atoms with Gasteiger partial charge in [0.2, 0.25) is 5.91 Å². The molecule has 168 valence electrons. The van der Waals surface area contributed by atoms with E-state index < -0.39 is 12.0 Å². The summed E-state index contributed by atoms with van der Waals surface area (Å²) in [5.41, 5.74) is 2.16. The molecule has 32 heavy (non-hydrogen) atoms. The lowest BCUT2D eigenvalue weighted by Gasteiger charge is -2.12. The molecular weight excluding hydrogens is 455 g/mol. The molecule has 9 heteroatoms. The third kappa shape index (κ3) is 4.89. The van der Waals surface area contributed by atoms with Gasteiger partial charge in [0.25, 0.3) is 5.91 Å². The maximum Gasteiger partial charge on any atom is 0.305 e. The summed E-state index contributed by atoms with van der Waals surface area (Å²) < 4.78 is 6.83. The van der Waals surface area contributed by atoms with E-state index in [1.54, 1.807) is 50.2 Å². The second kappa shape index (κ2) is 9.63. The number of aliphatic carboxylic acids is 1. The van der Waals surface area contributed by atoms with Crippen molar-refractivity contribution in [3.05, 3.63) is 63.3 Å². The van der Waals surface area contributed by atoms with E-state index in [9.17, 15) is 14.4 Å².